The number of likely N-dealkylation sites (tertiary alicyclic amines) is 1. The lowest BCUT2D eigenvalue weighted by Gasteiger charge is -2.19. The van der Waals surface area contributed by atoms with Crippen LogP contribution in [0.1, 0.15) is 18.0 Å². The highest BCUT2D eigenvalue weighted by Gasteiger charge is 2.36. The Morgan fingerprint density at radius 3 is 2.80 bits per heavy atom. The number of nitrogens with zero attached hydrogens (tertiary/aromatic N) is 1. The summed E-state index contributed by atoms with van der Waals surface area (Å²) in [6, 6.07) is 5.90. The average molecular weight is 209 g/mol. The summed E-state index contributed by atoms with van der Waals surface area (Å²) in [5.41, 5.74) is 0.724. The number of carbonyl (C=O) groups excluding carboxylic acids is 1. The summed E-state index contributed by atoms with van der Waals surface area (Å²) in [5, 5.41) is 9.38. The van der Waals surface area contributed by atoms with Crippen molar-refractivity contribution in [1.29, 1.82) is 0 Å². The van der Waals surface area contributed by atoms with Gasteiger partial charge in [0, 0.05) is 13.5 Å². The predicted molar refractivity (Wildman–Crippen MR) is 52.5 cm³/mol. The van der Waals surface area contributed by atoms with E-state index in [2.05, 4.69) is 0 Å². The first-order chi connectivity index (χ1) is 7.09. The molecule has 0 saturated carbocycles. The van der Waals surface area contributed by atoms with Crippen molar-refractivity contribution in [2.45, 2.75) is 18.6 Å². The maximum atomic E-state index is 13.0. The van der Waals surface area contributed by atoms with Gasteiger partial charge in [-0.25, -0.2) is 4.39 Å². The Balaban J connectivity index is 2.29. The van der Waals surface area contributed by atoms with Crippen molar-refractivity contribution in [3.05, 3.63) is 35.6 Å². The molecule has 1 aromatic carbocycles. The van der Waals surface area contributed by atoms with Gasteiger partial charge in [0.2, 0.25) is 0 Å². The number of halogens is 1. The molecule has 0 aliphatic carbocycles. The summed E-state index contributed by atoms with van der Waals surface area (Å²) < 4.78 is 13.0. The number of amides is 1. The zero-order valence-corrected chi connectivity index (χ0v) is 8.35. The molecule has 0 aromatic heterocycles. The molecule has 0 bridgehead atoms. The molecule has 0 spiro atoms. The number of carbonyl (C=O) groups is 1. The molecule has 1 N–H and O–H groups in total. The van der Waals surface area contributed by atoms with E-state index >= 15 is 0 Å². The second kappa shape index (κ2) is 3.62. The van der Waals surface area contributed by atoms with Gasteiger partial charge in [-0.15, -0.1) is 0 Å². The van der Waals surface area contributed by atoms with Gasteiger partial charge in [0.1, 0.15) is 11.9 Å². The molecule has 15 heavy (non-hydrogen) atoms. The summed E-state index contributed by atoms with van der Waals surface area (Å²) in [5.74, 6) is -0.626. The molecular weight excluding hydrogens is 197 g/mol. The van der Waals surface area contributed by atoms with Gasteiger partial charge >= 0.3 is 0 Å². The topological polar surface area (TPSA) is 40.5 Å². The Kier molecular flexibility index (Phi) is 2.44. The molecule has 1 aliphatic rings. The van der Waals surface area contributed by atoms with Gasteiger partial charge in [-0.2, -0.15) is 0 Å². The molecule has 2 rings (SSSR count). The van der Waals surface area contributed by atoms with Crippen LogP contribution in [0.25, 0.3) is 0 Å². The molecule has 1 saturated heterocycles. The average Bonchev–Trinajstić information content (AvgIpc) is 2.46. The lowest BCUT2D eigenvalue weighted by atomic mass is 10.0. The number of aliphatic hydroxyl groups is 1. The van der Waals surface area contributed by atoms with Crippen molar-refractivity contribution < 1.29 is 14.3 Å². The SMILES string of the molecule is CN1C(=O)[C@@H](O)C[C@@H]1c1cccc(F)c1. The Hall–Kier alpha value is -1.42. The van der Waals surface area contributed by atoms with Crippen molar-refractivity contribution in [1.82, 2.24) is 4.90 Å². The van der Waals surface area contributed by atoms with E-state index in [0.29, 0.717) is 6.42 Å². The minimum atomic E-state index is -0.955. The highest BCUT2D eigenvalue weighted by Crippen LogP contribution is 2.31. The summed E-state index contributed by atoms with van der Waals surface area (Å²) in [6.45, 7) is 0. The van der Waals surface area contributed by atoms with Crippen LogP contribution in [-0.4, -0.2) is 29.1 Å². The molecule has 0 unspecified atom stereocenters. The zero-order chi connectivity index (χ0) is 11.0. The first-order valence-corrected chi connectivity index (χ1v) is 4.80. The fraction of sp³-hybridized carbons (Fsp3) is 0.364. The van der Waals surface area contributed by atoms with E-state index in [1.165, 1.54) is 17.0 Å². The monoisotopic (exact) mass is 209 g/mol. The maximum absolute atomic E-state index is 13.0. The number of benzene rings is 1. The first-order valence-electron chi connectivity index (χ1n) is 4.80. The van der Waals surface area contributed by atoms with E-state index < -0.39 is 6.10 Å². The van der Waals surface area contributed by atoms with Crippen molar-refractivity contribution in [3.8, 4) is 0 Å². The van der Waals surface area contributed by atoms with E-state index in [0.717, 1.165) is 5.56 Å². The molecule has 4 heteroatoms. The lowest BCUT2D eigenvalue weighted by Crippen LogP contribution is -2.26. The van der Waals surface area contributed by atoms with Crippen LogP contribution in [0.3, 0.4) is 0 Å². The van der Waals surface area contributed by atoms with Crippen LogP contribution >= 0.6 is 0 Å². The number of rotatable bonds is 1. The molecule has 1 aromatic rings. The fourth-order valence-corrected chi connectivity index (χ4v) is 1.93. The van der Waals surface area contributed by atoms with Crippen molar-refractivity contribution in [3.63, 3.8) is 0 Å². The van der Waals surface area contributed by atoms with Crippen LogP contribution < -0.4 is 0 Å². The Morgan fingerprint density at radius 2 is 2.27 bits per heavy atom. The predicted octanol–water partition coefficient (Wildman–Crippen LogP) is 1.09. The van der Waals surface area contributed by atoms with Crippen molar-refractivity contribution in [2.24, 2.45) is 0 Å². The molecule has 1 amide bonds. The molecule has 0 radical (unpaired) electrons. The van der Waals surface area contributed by atoms with Crippen molar-refractivity contribution in [2.75, 3.05) is 7.05 Å². The highest BCUT2D eigenvalue weighted by molar-refractivity contribution is 5.83. The second-order valence-electron chi connectivity index (χ2n) is 3.77. The molecule has 3 nitrogen and oxygen atoms in total. The lowest BCUT2D eigenvalue weighted by molar-refractivity contribution is -0.134. The van der Waals surface area contributed by atoms with Gasteiger partial charge in [0.25, 0.3) is 5.91 Å². The molecule has 1 heterocycles. The van der Waals surface area contributed by atoms with E-state index in [-0.39, 0.29) is 17.8 Å². The third kappa shape index (κ3) is 1.72. The van der Waals surface area contributed by atoms with Crippen LogP contribution in [-0.2, 0) is 4.79 Å². The molecule has 1 aliphatic heterocycles. The minimum absolute atomic E-state index is 0.219. The van der Waals surface area contributed by atoms with Crippen LogP contribution in [0.2, 0.25) is 0 Å². The van der Waals surface area contributed by atoms with Gasteiger partial charge in [0.15, 0.2) is 0 Å². The first kappa shape index (κ1) is 10.1. The molecule has 2 atom stereocenters. The quantitative estimate of drug-likeness (QED) is 0.752. The van der Waals surface area contributed by atoms with Crippen LogP contribution in [0.5, 0.6) is 0 Å². The summed E-state index contributed by atoms with van der Waals surface area (Å²) in [4.78, 5) is 12.8. The number of likely N-dealkylation sites (N-methyl/N-ethyl adjacent to an activating group) is 1. The van der Waals surface area contributed by atoms with Gasteiger partial charge in [-0.1, -0.05) is 12.1 Å². The molecule has 80 valence electrons. The Bertz CT molecular complexity index is 394. The standard InChI is InChI=1S/C11H12FNO2/c1-13-9(6-10(14)11(13)15)7-3-2-4-8(12)5-7/h2-5,9-10,14H,6H2,1H3/t9-,10+/m1/s1. The van der Waals surface area contributed by atoms with Gasteiger partial charge in [-0.3, -0.25) is 4.79 Å². The van der Waals surface area contributed by atoms with Crippen LogP contribution in [0.4, 0.5) is 4.39 Å². The fourth-order valence-electron chi connectivity index (χ4n) is 1.93. The Morgan fingerprint density at radius 1 is 1.53 bits per heavy atom. The summed E-state index contributed by atoms with van der Waals surface area (Å²) >= 11 is 0. The minimum Gasteiger partial charge on any atom is -0.383 e. The molecular formula is C11H12FNO2. The van der Waals surface area contributed by atoms with E-state index in [1.807, 2.05) is 0 Å². The van der Waals surface area contributed by atoms with Crippen LogP contribution in [0.15, 0.2) is 24.3 Å². The number of aliphatic hydroxyl groups excluding tert-OH is 1. The van der Waals surface area contributed by atoms with E-state index in [4.69, 9.17) is 0 Å². The van der Waals surface area contributed by atoms with Gasteiger partial charge in [-0.05, 0) is 17.7 Å². The van der Waals surface area contributed by atoms with E-state index in [9.17, 15) is 14.3 Å². The highest BCUT2D eigenvalue weighted by atomic mass is 19.1. The molecule has 1 fully saturated rings. The van der Waals surface area contributed by atoms with Crippen LogP contribution in [0, 0.1) is 5.82 Å². The van der Waals surface area contributed by atoms with Gasteiger partial charge < -0.3 is 10.0 Å². The zero-order valence-electron chi connectivity index (χ0n) is 8.35. The van der Waals surface area contributed by atoms with Crippen molar-refractivity contribution >= 4 is 5.91 Å². The third-order valence-electron chi connectivity index (χ3n) is 2.78. The largest absolute Gasteiger partial charge is 0.383 e. The third-order valence-corrected chi connectivity index (χ3v) is 2.78. The Labute approximate surface area is 87.1 Å². The van der Waals surface area contributed by atoms with E-state index in [1.54, 1.807) is 19.2 Å². The maximum Gasteiger partial charge on any atom is 0.251 e. The summed E-state index contributed by atoms with van der Waals surface area (Å²) in [7, 11) is 1.62. The summed E-state index contributed by atoms with van der Waals surface area (Å²) in [6.07, 6.45) is -0.623. The normalized spacial score (nSPS) is 26.1. The number of hydrogen-bond acceptors (Lipinski definition) is 2. The van der Waals surface area contributed by atoms with Gasteiger partial charge in [0.05, 0.1) is 6.04 Å². The smallest absolute Gasteiger partial charge is 0.251 e. The number of hydrogen-bond donors (Lipinski definition) is 1. The second-order valence-corrected chi connectivity index (χ2v) is 3.77.